The minimum absolute atomic E-state index is 0.121. The van der Waals surface area contributed by atoms with Crippen LogP contribution in [0.4, 0.5) is 0 Å². The van der Waals surface area contributed by atoms with E-state index >= 15 is 0 Å². The van der Waals surface area contributed by atoms with Crippen molar-refractivity contribution < 1.29 is 14.6 Å². The third-order valence-electron chi connectivity index (χ3n) is 2.64. The Kier molecular flexibility index (Phi) is 6.54. The van der Waals surface area contributed by atoms with Gasteiger partial charge in [-0.1, -0.05) is 19.9 Å². The zero-order valence-corrected chi connectivity index (χ0v) is 11.4. The number of aliphatic hydroxyl groups excluding tert-OH is 1. The zero-order valence-electron chi connectivity index (χ0n) is 11.4. The highest BCUT2D eigenvalue weighted by Gasteiger charge is 2.07. The van der Waals surface area contributed by atoms with Gasteiger partial charge in [-0.2, -0.15) is 0 Å². The zero-order chi connectivity index (χ0) is 13.4. The van der Waals surface area contributed by atoms with Gasteiger partial charge < -0.3 is 19.9 Å². The number of rotatable bonds is 8. The molecule has 0 amide bonds. The maximum atomic E-state index is 8.96. The molecule has 1 rings (SSSR count). The van der Waals surface area contributed by atoms with Gasteiger partial charge >= 0.3 is 0 Å². The number of hydrogen-bond acceptors (Lipinski definition) is 4. The van der Waals surface area contributed by atoms with Crippen LogP contribution in [0.1, 0.15) is 19.4 Å². The molecule has 0 spiro atoms. The van der Waals surface area contributed by atoms with Crippen molar-refractivity contribution in [3.05, 3.63) is 23.8 Å². The molecule has 4 heteroatoms. The van der Waals surface area contributed by atoms with Gasteiger partial charge in [0.2, 0.25) is 0 Å². The summed E-state index contributed by atoms with van der Waals surface area (Å²) in [5.74, 6) is 1.57. The van der Waals surface area contributed by atoms with E-state index in [0.29, 0.717) is 6.61 Å². The molecule has 1 aromatic rings. The molecule has 1 aromatic carbocycles. The Hall–Kier alpha value is -1.26. The van der Waals surface area contributed by atoms with E-state index in [4.69, 9.17) is 14.6 Å². The molecule has 2 N–H and O–H groups in total. The van der Waals surface area contributed by atoms with Gasteiger partial charge in [0.05, 0.1) is 13.7 Å². The molecule has 0 bridgehead atoms. The van der Waals surface area contributed by atoms with Crippen LogP contribution in [-0.2, 0) is 6.54 Å². The second kappa shape index (κ2) is 7.95. The fraction of sp³-hybridized carbons (Fsp3) is 0.571. The first kappa shape index (κ1) is 14.8. The SMILES string of the molecule is CCNCc1ccc(OCC(C)CO)c(OC)c1. The fourth-order valence-electron chi connectivity index (χ4n) is 1.50. The average molecular weight is 253 g/mol. The number of ether oxygens (including phenoxy) is 2. The predicted octanol–water partition coefficient (Wildman–Crippen LogP) is 1.81. The Morgan fingerprint density at radius 1 is 1.33 bits per heavy atom. The molecule has 4 nitrogen and oxygen atoms in total. The van der Waals surface area contributed by atoms with Crippen LogP contribution in [0, 0.1) is 5.92 Å². The summed E-state index contributed by atoms with van der Waals surface area (Å²) in [6, 6.07) is 5.90. The molecule has 18 heavy (non-hydrogen) atoms. The minimum Gasteiger partial charge on any atom is -0.493 e. The Balaban J connectivity index is 2.67. The van der Waals surface area contributed by atoms with Gasteiger partial charge in [0.25, 0.3) is 0 Å². The normalized spacial score (nSPS) is 12.2. The van der Waals surface area contributed by atoms with E-state index < -0.39 is 0 Å². The Labute approximate surface area is 109 Å². The van der Waals surface area contributed by atoms with Gasteiger partial charge in [-0.15, -0.1) is 0 Å². The van der Waals surface area contributed by atoms with Crippen LogP contribution in [0.5, 0.6) is 11.5 Å². The lowest BCUT2D eigenvalue weighted by Crippen LogP contribution is -2.13. The van der Waals surface area contributed by atoms with Crippen LogP contribution in [0.25, 0.3) is 0 Å². The lowest BCUT2D eigenvalue weighted by molar-refractivity contribution is 0.171. The first-order valence-electron chi connectivity index (χ1n) is 6.32. The molecule has 1 unspecified atom stereocenters. The fourth-order valence-corrected chi connectivity index (χ4v) is 1.50. The van der Waals surface area contributed by atoms with Crippen LogP contribution in [0.3, 0.4) is 0 Å². The Bertz CT molecular complexity index is 355. The largest absolute Gasteiger partial charge is 0.493 e. The molecule has 0 radical (unpaired) electrons. The maximum Gasteiger partial charge on any atom is 0.161 e. The molecule has 0 aliphatic heterocycles. The first-order chi connectivity index (χ1) is 8.71. The smallest absolute Gasteiger partial charge is 0.161 e. The van der Waals surface area contributed by atoms with Crippen LogP contribution in [0.2, 0.25) is 0 Å². The van der Waals surface area contributed by atoms with Crippen molar-refractivity contribution in [1.82, 2.24) is 5.32 Å². The summed E-state index contributed by atoms with van der Waals surface area (Å²) in [7, 11) is 1.63. The Morgan fingerprint density at radius 3 is 2.72 bits per heavy atom. The summed E-state index contributed by atoms with van der Waals surface area (Å²) in [6.07, 6.45) is 0. The van der Waals surface area contributed by atoms with Crippen LogP contribution in [-0.4, -0.2) is 32.0 Å². The molecule has 102 valence electrons. The number of benzene rings is 1. The highest BCUT2D eigenvalue weighted by molar-refractivity contribution is 5.42. The van der Waals surface area contributed by atoms with Crippen LogP contribution in [0.15, 0.2) is 18.2 Å². The molecule has 1 atom stereocenters. The van der Waals surface area contributed by atoms with Gasteiger partial charge in [-0.25, -0.2) is 0 Å². The highest BCUT2D eigenvalue weighted by Crippen LogP contribution is 2.28. The van der Waals surface area contributed by atoms with E-state index in [1.807, 2.05) is 25.1 Å². The molecular weight excluding hydrogens is 230 g/mol. The van der Waals surface area contributed by atoms with Crippen molar-refractivity contribution in [3.8, 4) is 11.5 Å². The van der Waals surface area contributed by atoms with Gasteiger partial charge in [-0.05, 0) is 24.2 Å². The molecule has 0 aliphatic rings. The summed E-state index contributed by atoms with van der Waals surface area (Å²) in [5.41, 5.74) is 1.16. The van der Waals surface area contributed by atoms with E-state index in [2.05, 4.69) is 12.2 Å². The van der Waals surface area contributed by atoms with E-state index in [1.165, 1.54) is 0 Å². The molecule has 0 heterocycles. The lowest BCUT2D eigenvalue weighted by atomic mass is 10.2. The van der Waals surface area contributed by atoms with E-state index in [0.717, 1.165) is 30.2 Å². The monoisotopic (exact) mass is 253 g/mol. The highest BCUT2D eigenvalue weighted by atomic mass is 16.5. The first-order valence-corrected chi connectivity index (χ1v) is 6.32. The van der Waals surface area contributed by atoms with Gasteiger partial charge in [0.15, 0.2) is 11.5 Å². The van der Waals surface area contributed by atoms with E-state index in [-0.39, 0.29) is 12.5 Å². The topological polar surface area (TPSA) is 50.7 Å². The third-order valence-corrected chi connectivity index (χ3v) is 2.64. The molecule has 0 aliphatic carbocycles. The number of aliphatic hydroxyl groups is 1. The number of nitrogens with one attached hydrogen (secondary N) is 1. The molecule has 0 saturated heterocycles. The molecule has 0 aromatic heterocycles. The molecule has 0 fully saturated rings. The van der Waals surface area contributed by atoms with Crippen LogP contribution < -0.4 is 14.8 Å². The lowest BCUT2D eigenvalue weighted by Gasteiger charge is -2.14. The van der Waals surface area contributed by atoms with Gasteiger partial charge in [0.1, 0.15) is 0 Å². The summed E-state index contributed by atoms with van der Waals surface area (Å²) in [5, 5.41) is 12.2. The predicted molar refractivity (Wildman–Crippen MR) is 72.1 cm³/mol. The number of hydrogen-bond donors (Lipinski definition) is 2. The van der Waals surface area contributed by atoms with E-state index in [1.54, 1.807) is 7.11 Å². The van der Waals surface area contributed by atoms with E-state index in [9.17, 15) is 0 Å². The van der Waals surface area contributed by atoms with Crippen molar-refractivity contribution in [3.63, 3.8) is 0 Å². The second-order valence-electron chi connectivity index (χ2n) is 4.36. The number of methoxy groups -OCH3 is 1. The quantitative estimate of drug-likeness (QED) is 0.742. The maximum absolute atomic E-state index is 8.96. The van der Waals surface area contributed by atoms with Crippen molar-refractivity contribution in [2.24, 2.45) is 5.92 Å². The van der Waals surface area contributed by atoms with Gasteiger partial charge in [0, 0.05) is 19.1 Å². The molecular formula is C14H23NO3. The Morgan fingerprint density at radius 2 is 2.11 bits per heavy atom. The average Bonchev–Trinajstić information content (AvgIpc) is 2.42. The van der Waals surface area contributed by atoms with Crippen molar-refractivity contribution in [2.45, 2.75) is 20.4 Å². The standard InChI is InChI=1S/C14H23NO3/c1-4-15-8-12-5-6-13(14(7-12)17-3)18-10-11(2)9-16/h5-7,11,15-16H,4,8-10H2,1-3H3. The summed E-state index contributed by atoms with van der Waals surface area (Å²) < 4.78 is 11.0. The van der Waals surface area contributed by atoms with Crippen molar-refractivity contribution in [2.75, 3.05) is 26.9 Å². The summed E-state index contributed by atoms with van der Waals surface area (Å²) in [4.78, 5) is 0. The van der Waals surface area contributed by atoms with Gasteiger partial charge in [-0.3, -0.25) is 0 Å². The minimum atomic E-state index is 0.121. The summed E-state index contributed by atoms with van der Waals surface area (Å²) >= 11 is 0. The second-order valence-corrected chi connectivity index (χ2v) is 4.36. The molecule has 0 saturated carbocycles. The van der Waals surface area contributed by atoms with Crippen LogP contribution >= 0.6 is 0 Å². The van der Waals surface area contributed by atoms with Crippen molar-refractivity contribution in [1.29, 1.82) is 0 Å². The third kappa shape index (κ3) is 4.55. The summed E-state index contributed by atoms with van der Waals surface area (Å²) in [6.45, 7) is 6.38. The van der Waals surface area contributed by atoms with Crippen molar-refractivity contribution >= 4 is 0 Å².